The molecule has 1 aromatic heterocycles. The van der Waals surface area contributed by atoms with Gasteiger partial charge in [-0.2, -0.15) is 0 Å². The number of aromatic nitrogens is 1. The smallest absolute Gasteiger partial charge is 0.266 e. The minimum atomic E-state index is 0.0878. The second-order valence-electron chi connectivity index (χ2n) is 5.06. The molecule has 2 rings (SSSR count). The quantitative estimate of drug-likeness (QED) is 0.848. The number of thiazole rings is 1. The molecular weight excluding hydrogens is 262 g/mol. The summed E-state index contributed by atoms with van der Waals surface area (Å²) in [6, 6.07) is 0. The molecule has 0 bridgehead atoms. The van der Waals surface area contributed by atoms with Crippen molar-refractivity contribution in [1.29, 1.82) is 0 Å². The van der Waals surface area contributed by atoms with Crippen LogP contribution < -0.4 is 4.90 Å². The fourth-order valence-corrected chi connectivity index (χ4v) is 3.19. The third-order valence-corrected chi connectivity index (χ3v) is 4.67. The number of amides is 1. The van der Waals surface area contributed by atoms with Crippen molar-refractivity contribution in [2.75, 3.05) is 39.2 Å². The summed E-state index contributed by atoms with van der Waals surface area (Å²) in [5.74, 6) is 0.0878. The predicted molar refractivity (Wildman–Crippen MR) is 77.1 cm³/mol. The van der Waals surface area contributed by atoms with Crippen LogP contribution in [0.25, 0.3) is 0 Å². The highest BCUT2D eigenvalue weighted by atomic mass is 32.1. The molecule has 1 amide bonds. The van der Waals surface area contributed by atoms with Gasteiger partial charge in [-0.25, -0.2) is 4.98 Å². The van der Waals surface area contributed by atoms with Gasteiger partial charge in [-0.1, -0.05) is 11.3 Å². The molecule has 0 radical (unpaired) electrons. The first-order valence-corrected chi connectivity index (χ1v) is 7.31. The van der Waals surface area contributed by atoms with E-state index in [1.807, 2.05) is 30.8 Å². The monoisotopic (exact) mass is 283 g/mol. The van der Waals surface area contributed by atoms with Gasteiger partial charge in [-0.05, 0) is 19.8 Å². The van der Waals surface area contributed by atoms with Crippen molar-refractivity contribution in [3.63, 3.8) is 0 Å². The standard InChI is InChI=1S/C13H21N3O2S/c1-9-11(19-13(14-9)15(2)3)12(17)16-7-5-6-10(8-16)18-4/h10H,5-8H2,1-4H3/t10-/m0/s1. The number of piperidine rings is 1. The molecule has 0 N–H and O–H groups in total. The van der Waals surface area contributed by atoms with E-state index in [1.165, 1.54) is 11.3 Å². The van der Waals surface area contributed by atoms with E-state index in [0.717, 1.165) is 35.1 Å². The van der Waals surface area contributed by atoms with Crippen LogP contribution in [0, 0.1) is 6.92 Å². The Hall–Kier alpha value is -1.14. The zero-order chi connectivity index (χ0) is 14.0. The molecule has 106 valence electrons. The molecule has 6 heteroatoms. The molecular formula is C13H21N3O2S. The highest BCUT2D eigenvalue weighted by Crippen LogP contribution is 2.27. The van der Waals surface area contributed by atoms with Crippen molar-refractivity contribution in [3.8, 4) is 0 Å². The molecule has 0 spiro atoms. The zero-order valence-electron chi connectivity index (χ0n) is 12.0. The average Bonchev–Trinajstić information content (AvgIpc) is 2.80. The van der Waals surface area contributed by atoms with Crippen LogP contribution in [-0.2, 0) is 4.74 Å². The van der Waals surface area contributed by atoms with Crippen LogP contribution in [0.5, 0.6) is 0 Å². The van der Waals surface area contributed by atoms with Crippen LogP contribution in [0.4, 0.5) is 5.13 Å². The van der Waals surface area contributed by atoms with Crippen molar-refractivity contribution in [2.24, 2.45) is 0 Å². The zero-order valence-corrected chi connectivity index (χ0v) is 12.8. The number of aryl methyl sites for hydroxylation is 1. The highest BCUT2D eigenvalue weighted by molar-refractivity contribution is 7.17. The van der Waals surface area contributed by atoms with Gasteiger partial charge in [-0.3, -0.25) is 4.79 Å². The fourth-order valence-electron chi connectivity index (χ4n) is 2.23. The number of carbonyl (C=O) groups is 1. The van der Waals surface area contributed by atoms with Crippen LogP contribution in [0.2, 0.25) is 0 Å². The molecule has 0 aromatic carbocycles. The van der Waals surface area contributed by atoms with Crippen molar-refractivity contribution in [1.82, 2.24) is 9.88 Å². The van der Waals surface area contributed by atoms with E-state index in [-0.39, 0.29) is 12.0 Å². The van der Waals surface area contributed by atoms with E-state index < -0.39 is 0 Å². The fraction of sp³-hybridized carbons (Fsp3) is 0.692. The number of ether oxygens (including phenoxy) is 1. The maximum atomic E-state index is 12.5. The van der Waals surface area contributed by atoms with Gasteiger partial charge >= 0.3 is 0 Å². The van der Waals surface area contributed by atoms with Crippen LogP contribution in [0.3, 0.4) is 0 Å². The highest BCUT2D eigenvalue weighted by Gasteiger charge is 2.27. The van der Waals surface area contributed by atoms with Crippen molar-refractivity contribution < 1.29 is 9.53 Å². The molecule has 0 saturated carbocycles. The average molecular weight is 283 g/mol. The summed E-state index contributed by atoms with van der Waals surface area (Å²) in [5, 5.41) is 0.876. The second kappa shape index (κ2) is 5.88. The lowest BCUT2D eigenvalue weighted by atomic mass is 10.1. The minimum Gasteiger partial charge on any atom is -0.380 e. The van der Waals surface area contributed by atoms with Gasteiger partial charge in [0.25, 0.3) is 5.91 Å². The first-order valence-electron chi connectivity index (χ1n) is 6.49. The Morgan fingerprint density at radius 2 is 2.26 bits per heavy atom. The van der Waals surface area contributed by atoms with Gasteiger partial charge in [0.2, 0.25) is 0 Å². The summed E-state index contributed by atoms with van der Waals surface area (Å²) in [7, 11) is 5.59. The number of hydrogen-bond donors (Lipinski definition) is 0. The number of likely N-dealkylation sites (tertiary alicyclic amines) is 1. The third kappa shape index (κ3) is 3.06. The van der Waals surface area contributed by atoms with E-state index in [1.54, 1.807) is 7.11 Å². The molecule has 1 aliphatic heterocycles. The number of anilines is 1. The minimum absolute atomic E-state index is 0.0878. The van der Waals surface area contributed by atoms with Crippen LogP contribution in [0.1, 0.15) is 28.2 Å². The Morgan fingerprint density at radius 3 is 2.84 bits per heavy atom. The summed E-state index contributed by atoms with van der Waals surface area (Å²) in [4.78, 5) is 21.5. The van der Waals surface area contributed by atoms with E-state index in [4.69, 9.17) is 4.74 Å². The SMILES string of the molecule is CO[C@H]1CCCN(C(=O)c2sc(N(C)C)nc2C)C1. The number of methoxy groups -OCH3 is 1. The maximum absolute atomic E-state index is 12.5. The third-order valence-electron chi connectivity index (χ3n) is 3.36. The van der Waals surface area contributed by atoms with Gasteiger partial charge < -0.3 is 14.5 Å². The summed E-state index contributed by atoms with van der Waals surface area (Å²) in [6.07, 6.45) is 2.20. The number of nitrogens with zero attached hydrogens (tertiary/aromatic N) is 3. The van der Waals surface area contributed by atoms with Gasteiger partial charge in [0.1, 0.15) is 4.88 Å². The molecule has 1 aliphatic rings. The van der Waals surface area contributed by atoms with E-state index in [2.05, 4.69) is 4.98 Å². The molecule has 1 saturated heterocycles. The Balaban J connectivity index is 2.14. The van der Waals surface area contributed by atoms with E-state index >= 15 is 0 Å². The molecule has 0 unspecified atom stereocenters. The summed E-state index contributed by atoms with van der Waals surface area (Å²) in [5.41, 5.74) is 0.818. The van der Waals surface area contributed by atoms with Gasteiger partial charge in [0.15, 0.2) is 5.13 Å². The van der Waals surface area contributed by atoms with Crippen molar-refractivity contribution in [3.05, 3.63) is 10.6 Å². The molecule has 1 atom stereocenters. The molecule has 5 nitrogen and oxygen atoms in total. The predicted octanol–water partition coefficient (Wildman–Crippen LogP) is 1.77. The van der Waals surface area contributed by atoms with Crippen molar-refractivity contribution in [2.45, 2.75) is 25.9 Å². The van der Waals surface area contributed by atoms with Gasteiger partial charge in [-0.15, -0.1) is 0 Å². The Labute approximate surface area is 118 Å². The summed E-state index contributed by atoms with van der Waals surface area (Å²) >= 11 is 1.46. The Bertz CT molecular complexity index is 459. The van der Waals surface area contributed by atoms with Crippen LogP contribution in [0.15, 0.2) is 0 Å². The number of hydrogen-bond acceptors (Lipinski definition) is 5. The Morgan fingerprint density at radius 1 is 1.53 bits per heavy atom. The second-order valence-corrected chi connectivity index (χ2v) is 6.03. The van der Waals surface area contributed by atoms with Gasteiger partial charge in [0.05, 0.1) is 11.8 Å². The maximum Gasteiger partial charge on any atom is 0.266 e. The lowest BCUT2D eigenvalue weighted by Gasteiger charge is -2.31. The number of rotatable bonds is 3. The van der Waals surface area contributed by atoms with Crippen LogP contribution in [-0.4, -0.2) is 56.2 Å². The van der Waals surface area contributed by atoms with Crippen LogP contribution >= 0.6 is 11.3 Å². The summed E-state index contributed by atoms with van der Waals surface area (Å²) in [6.45, 7) is 3.39. The first kappa shape index (κ1) is 14.3. The molecule has 1 fully saturated rings. The molecule has 1 aromatic rings. The van der Waals surface area contributed by atoms with Crippen molar-refractivity contribution >= 4 is 22.4 Å². The largest absolute Gasteiger partial charge is 0.380 e. The van der Waals surface area contributed by atoms with E-state index in [0.29, 0.717) is 6.54 Å². The Kier molecular flexibility index (Phi) is 4.42. The van der Waals surface area contributed by atoms with Gasteiger partial charge in [0, 0.05) is 34.3 Å². The number of carbonyl (C=O) groups excluding carboxylic acids is 1. The topological polar surface area (TPSA) is 45.7 Å². The summed E-state index contributed by atoms with van der Waals surface area (Å²) < 4.78 is 5.37. The lowest BCUT2D eigenvalue weighted by molar-refractivity contribution is 0.0271. The molecule has 2 heterocycles. The molecule has 19 heavy (non-hydrogen) atoms. The normalized spacial score (nSPS) is 19.6. The van der Waals surface area contributed by atoms with E-state index in [9.17, 15) is 4.79 Å². The molecule has 0 aliphatic carbocycles. The lowest BCUT2D eigenvalue weighted by Crippen LogP contribution is -2.42. The first-order chi connectivity index (χ1) is 9.02.